The second-order valence-electron chi connectivity index (χ2n) is 0.0609. The van der Waals surface area contributed by atoms with Crippen molar-refractivity contribution in [3.8, 4) is 0 Å². The van der Waals surface area contributed by atoms with Crippen LogP contribution in [0.1, 0.15) is 1.43 Å². The van der Waals surface area contributed by atoms with Gasteiger partial charge in [0.15, 0.2) is 0 Å². The Bertz CT molecular complexity index is 21.0. The molecule has 0 aliphatic carbocycles. The topological polar surface area (TPSA) is 37.3 Å². The Balaban J connectivity index is -0.00000000667. The van der Waals surface area contributed by atoms with Crippen molar-refractivity contribution < 1.29 is 65.0 Å². The molecule has 28 valence electrons. The van der Waals surface area contributed by atoms with Crippen LogP contribution in [-0.4, -0.2) is 4.22 Å². The van der Waals surface area contributed by atoms with Crippen molar-refractivity contribution in [2.75, 3.05) is 0 Å². The first kappa shape index (κ1) is 16.0. The predicted octanol–water partition coefficient (Wildman–Crippen LogP) is -3.56. The van der Waals surface area contributed by atoms with Crippen molar-refractivity contribution in [2.45, 2.75) is 0 Å². The summed E-state index contributed by atoms with van der Waals surface area (Å²) in [5.74, 6) is 0. The molecule has 0 aromatic rings. The van der Waals surface area contributed by atoms with Gasteiger partial charge in [-0.2, -0.15) is 0 Å². The van der Waals surface area contributed by atoms with E-state index in [0.29, 0.717) is 0 Å². The average Bonchev–Trinajstić information content (AvgIpc) is 0.918. The van der Waals surface area contributed by atoms with Gasteiger partial charge in [-0.1, -0.05) is 0 Å². The molecule has 0 unspecified atom stereocenters. The fraction of sp³-hybridized carbons (Fsp3) is 0. The van der Waals surface area contributed by atoms with Crippen LogP contribution in [0.5, 0.6) is 0 Å². The standard InChI is InChI=1S/Co.Li.H2O.O.Ti.H/h;;1H2;;;/q2*+1;;;;-1/p-1. The molecule has 0 aliphatic heterocycles. The third-order valence-corrected chi connectivity index (χ3v) is 0. The Morgan fingerprint density at radius 1 is 1.80 bits per heavy atom. The molecule has 0 aliphatic rings. The Kier molecular flexibility index (Phi) is 56.2. The van der Waals surface area contributed by atoms with E-state index < -0.39 is 15.0 Å². The predicted molar refractivity (Wildman–Crippen MR) is 4.02 cm³/mol. The van der Waals surface area contributed by atoms with Gasteiger partial charge in [0.05, 0.1) is 0 Å². The molecule has 0 spiro atoms. The average molecular weight is 148 g/mol. The SMILES string of the molecule is [H-].[Li+].[O]=[Co][OH].[Ti]. The summed E-state index contributed by atoms with van der Waals surface area (Å²) in [5, 5.41) is 0. The molecular formula is H2CoLiO2Ti. The fourth-order valence-corrected chi connectivity index (χ4v) is 0. The summed E-state index contributed by atoms with van der Waals surface area (Å²) >= 11 is -0.812. The fourth-order valence-electron chi connectivity index (χ4n) is 0. The van der Waals surface area contributed by atoms with E-state index in [1.54, 1.807) is 0 Å². The summed E-state index contributed by atoms with van der Waals surface area (Å²) in [6.45, 7) is 0. The van der Waals surface area contributed by atoms with Gasteiger partial charge in [-0.25, -0.2) is 0 Å². The summed E-state index contributed by atoms with van der Waals surface area (Å²) < 4.78 is 15.4. The number of rotatable bonds is 0. The molecule has 0 saturated carbocycles. The molecule has 0 amide bonds. The van der Waals surface area contributed by atoms with E-state index in [2.05, 4.69) is 0 Å². The monoisotopic (exact) mass is 148 g/mol. The van der Waals surface area contributed by atoms with Crippen LogP contribution in [-0.2, 0) is 40.5 Å². The molecule has 0 aromatic heterocycles. The smallest absolute Gasteiger partial charge is 0 e. The van der Waals surface area contributed by atoms with Gasteiger partial charge in [0.2, 0.25) is 0 Å². The number of hydrogen-bond acceptors (Lipinski definition) is 1. The van der Waals surface area contributed by atoms with Gasteiger partial charge in [-0.3, -0.25) is 0 Å². The van der Waals surface area contributed by atoms with E-state index in [9.17, 15) is 0 Å². The molecule has 5 heteroatoms. The van der Waals surface area contributed by atoms with E-state index >= 15 is 0 Å². The Labute approximate surface area is 64.7 Å². The first-order chi connectivity index (χ1) is 1.41. The minimum absolute atomic E-state index is 0. The van der Waals surface area contributed by atoms with Crippen molar-refractivity contribution in [1.29, 1.82) is 0 Å². The molecule has 0 fully saturated rings. The van der Waals surface area contributed by atoms with Crippen molar-refractivity contribution in [3.05, 3.63) is 0 Å². The van der Waals surface area contributed by atoms with Crippen LogP contribution in [0.4, 0.5) is 0 Å². The van der Waals surface area contributed by atoms with Crippen molar-refractivity contribution in [1.82, 2.24) is 0 Å². The van der Waals surface area contributed by atoms with Crippen LogP contribution in [0.3, 0.4) is 0 Å². The van der Waals surface area contributed by atoms with E-state index in [-0.39, 0.29) is 42.0 Å². The largest absolute Gasteiger partial charge is 0 e. The van der Waals surface area contributed by atoms with Gasteiger partial charge >= 0.3 is 41.9 Å². The van der Waals surface area contributed by atoms with E-state index in [1.165, 1.54) is 0 Å². The zero-order chi connectivity index (χ0) is 2.71. The second kappa shape index (κ2) is 17.6. The number of hydrogen-bond donors (Lipinski definition) is 1. The van der Waals surface area contributed by atoms with Crippen LogP contribution in [0, 0.1) is 0 Å². The molecule has 0 rings (SSSR count). The molecule has 0 radical (unpaired) electrons. The minimum Gasteiger partial charge on any atom is 0 e. The molecular weight excluding hydrogens is 146 g/mol. The summed E-state index contributed by atoms with van der Waals surface area (Å²) in [5.41, 5.74) is 0. The molecule has 1 N–H and O–H groups in total. The van der Waals surface area contributed by atoms with Gasteiger partial charge in [0.1, 0.15) is 0 Å². The molecule has 0 saturated heterocycles. The normalized spacial score (nSPS) is 4.20. The Morgan fingerprint density at radius 3 is 1.80 bits per heavy atom. The first-order valence-electron chi connectivity index (χ1n) is 0.285. The zero-order valence-electron chi connectivity index (χ0n) is 3.69. The maximum Gasteiger partial charge on any atom is 0 e. The molecule has 5 heavy (non-hydrogen) atoms. The van der Waals surface area contributed by atoms with Gasteiger partial charge in [-0.15, -0.1) is 0 Å². The van der Waals surface area contributed by atoms with Gasteiger partial charge in [0.25, 0.3) is 0 Å². The molecule has 0 aromatic carbocycles. The summed E-state index contributed by atoms with van der Waals surface area (Å²) in [4.78, 5) is 0. The summed E-state index contributed by atoms with van der Waals surface area (Å²) in [6, 6.07) is 0. The third-order valence-electron chi connectivity index (χ3n) is 0. The molecule has 0 bridgehead atoms. The zero-order valence-corrected chi connectivity index (χ0v) is 5.29. The summed E-state index contributed by atoms with van der Waals surface area (Å²) in [6.07, 6.45) is 0. The van der Waals surface area contributed by atoms with Crippen molar-refractivity contribution in [3.63, 3.8) is 0 Å². The second-order valence-corrected chi connectivity index (χ2v) is 0.251. The van der Waals surface area contributed by atoms with E-state index in [0.717, 1.165) is 0 Å². The van der Waals surface area contributed by atoms with Crippen LogP contribution >= 0.6 is 0 Å². The van der Waals surface area contributed by atoms with Crippen LogP contribution in [0.25, 0.3) is 0 Å². The molecule has 0 heterocycles. The summed E-state index contributed by atoms with van der Waals surface area (Å²) in [7, 11) is 0. The van der Waals surface area contributed by atoms with Crippen LogP contribution in [0.2, 0.25) is 0 Å². The first-order valence-corrected chi connectivity index (χ1v) is 1.18. The maximum absolute atomic E-state index is 8.45. The molecule has 2 nitrogen and oxygen atoms in total. The molecule has 0 atom stereocenters. The van der Waals surface area contributed by atoms with Crippen LogP contribution < -0.4 is 18.9 Å². The maximum atomic E-state index is 8.45. The van der Waals surface area contributed by atoms with Crippen molar-refractivity contribution in [2.24, 2.45) is 0 Å². The quantitative estimate of drug-likeness (QED) is 0.361. The third kappa shape index (κ3) is 28.7. The van der Waals surface area contributed by atoms with Crippen molar-refractivity contribution >= 4 is 0 Å². The Morgan fingerprint density at radius 2 is 1.80 bits per heavy atom. The van der Waals surface area contributed by atoms with Gasteiger partial charge < -0.3 is 1.43 Å². The minimum atomic E-state index is -0.812. The van der Waals surface area contributed by atoms with Gasteiger partial charge in [-0.05, 0) is 0 Å². The van der Waals surface area contributed by atoms with E-state index in [4.69, 9.17) is 8.08 Å². The van der Waals surface area contributed by atoms with E-state index in [1.807, 2.05) is 0 Å². The Hall–Kier alpha value is 1.58. The van der Waals surface area contributed by atoms with Crippen LogP contribution in [0.15, 0.2) is 0 Å². The van der Waals surface area contributed by atoms with Gasteiger partial charge in [0, 0.05) is 21.7 Å².